The molecule has 0 saturated heterocycles. The van der Waals surface area contributed by atoms with Crippen molar-refractivity contribution in [3.8, 4) is 0 Å². The van der Waals surface area contributed by atoms with Crippen LogP contribution in [0.25, 0.3) is 0 Å². The van der Waals surface area contributed by atoms with Gasteiger partial charge in [-0.25, -0.2) is 0 Å². The maximum atomic E-state index is 10.9. The van der Waals surface area contributed by atoms with Crippen molar-refractivity contribution in [1.82, 2.24) is 10.1 Å². The number of carbonyl (C=O) groups is 1. The van der Waals surface area contributed by atoms with Crippen LogP contribution in [0.2, 0.25) is 0 Å². The van der Waals surface area contributed by atoms with Crippen LogP contribution in [0.15, 0.2) is 16.9 Å². The molecule has 0 aliphatic rings. The molecule has 0 aliphatic carbocycles. The van der Waals surface area contributed by atoms with Crippen molar-refractivity contribution < 1.29 is 9.32 Å². The zero-order chi connectivity index (χ0) is 11.5. The molecule has 5 heteroatoms. The van der Waals surface area contributed by atoms with Crippen LogP contribution in [-0.4, -0.2) is 28.0 Å². The Balaban J connectivity index is 2.69. The molecule has 1 aromatic heterocycles. The fraction of sp³-hybridized carbons (Fsp3) is 0.600. The molecule has 15 heavy (non-hydrogen) atoms. The van der Waals surface area contributed by atoms with Crippen molar-refractivity contribution >= 4 is 5.91 Å². The minimum absolute atomic E-state index is 0.131. The van der Waals surface area contributed by atoms with Gasteiger partial charge in [0.25, 0.3) is 0 Å². The van der Waals surface area contributed by atoms with Crippen molar-refractivity contribution in [3.63, 3.8) is 0 Å². The predicted octanol–water partition coefficient (Wildman–Crippen LogP) is 0.760. The molecule has 0 radical (unpaired) electrons. The van der Waals surface area contributed by atoms with Gasteiger partial charge in [-0.2, -0.15) is 0 Å². The Hall–Kier alpha value is -1.36. The van der Waals surface area contributed by atoms with Crippen LogP contribution in [0.1, 0.15) is 26.5 Å². The Morgan fingerprint density at radius 1 is 1.60 bits per heavy atom. The fourth-order valence-corrected chi connectivity index (χ4v) is 1.23. The second-order valence-corrected chi connectivity index (χ2v) is 4.48. The third-order valence-corrected chi connectivity index (χ3v) is 2.14. The lowest BCUT2D eigenvalue weighted by Gasteiger charge is -2.33. The van der Waals surface area contributed by atoms with Crippen LogP contribution in [0.4, 0.5) is 0 Å². The number of hydrogen-bond donors (Lipinski definition) is 1. The van der Waals surface area contributed by atoms with Gasteiger partial charge in [0.1, 0.15) is 6.26 Å². The zero-order valence-corrected chi connectivity index (χ0v) is 9.36. The van der Waals surface area contributed by atoms with E-state index in [0.717, 1.165) is 5.69 Å². The molecule has 1 rings (SSSR count). The van der Waals surface area contributed by atoms with Gasteiger partial charge >= 0.3 is 0 Å². The molecule has 0 atom stereocenters. The molecule has 1 heterocycles. The molecule has 0 aliphatic heterocycles. The summed E-state index contributed by atoms with van der Waals surface area (Å²) in [5.74, 6) is -0.339. The molecule has 1 aromatic rings. The summed E-state index contributed by atoms with van der Waals surface area (Å²) in [6, 6.07) is 1.78. The number of hydrogen-bond acceptors (Lipinski definition) is 4. The highest BCUT2D eigenvalue weighted by Crippen LogP contribution is 2.15. The number of carbonyl (C=O) groups excluding carboxylic acids is 1. The zero-order valence-electron chi connectivity index (χ0n) is 9.36. The van der Waals surface area contributed by atoms with Crippen LogP contribution in [0.3, 0.4) is 0 Å². The average Bonchev–Trinajstić information content (AvgIpc) is 2.53. The maximum absolute atomic E-state index is 10.9. The minimum Gasteiger partial charge on any atom is -0.369 e. The van der Waals surface area contributed by atoms with Gasteiger partial charge in [0.05, 0.1) is 12.2 Å². The molecule has 0 bridgehead atoms. The number of nitrogens with two attached hydrogens (primary N) is 1. The Morgan fingerprint density at radius 2 is 2.27 bits per heavy atom. The van der Waals surface area contributed by atoms with Crippen molar-refractivity contribution in [3.05, 3.63) is 18.0 Å². The second-order valence-electron chi connectivity index (χ2n) is 4.48. The van der Waals surface area contributed by atoms with E-state index in [2.05, 4.69) is 5.16 Å². The molecule has 0 fully saturated rings. The van der Waals surface area contributed by atoms with Crippen LogP contribution in [-0.2, 0) is 11.3 Å². The Labute approximate surface area is 89.2 Å². The third-order valence-electron chi connectivity index (χ3n) is 2.14. The van der Waals surface area contributed by atoms with E-state index in [4.69, 9.17) is 10.3 Å². The monoisotopic (exact) mass is 211 g/mol. The highest BCUT2D eigenvalue weighted by atomic mass is 16.5. The highest BCUT2D eigenvalue weighted by molar-refractivity contribution is 5.76. The Morgan fingerprint density at radius 3 is 2.67 bits per heavy atom. The van der Waals surface area contributed by atoms with Gasteiger partial charge in [0.2, 0.25) is 5.91 Å². The first-order valence-corrected chi connectivity index (χ1v) is 4.82. The van der Waals surface area contributed by atoms with Crippen LogP contribution in [0.5, 0.6) is 0 Å². The quantitative estimate of drug-likeness (QED) is 0.798. The first-order chi connectivity index (χ1) is 6.89. The van der Waals surface area contributed by atoms with Crippen molar-refractivity contribution in [2.75, 3.05) is 6.54 Å². The van der Waals surface area contributed by atoms with Crippen LogP contribution >= 0.6 is 0 Å². The normalized spacial score (nSPS) is 12.0. The SMILES string of the molecule is CC(C)(C)N(CC(N)=O)Cc1ccon1. The van der Waals surface area contributed by atoms with Gasteiger partial charge < -0.3 is 10.3 Å². The molecule has 0 unspecified atom stereocenters. The van der Waals surface area contributed by atoms with E-state index in [-0.39, 0.29) is 18.0 Å². The number of aromatic nitrogens is 1. The molecule has 84 valence electrons. The Bertz CT molecular complexity index is 314. The van der Waals surface area contributed by atoms with E-state index >= 15 is 0 Å². The molecule has 0 saturated carbocycles. The number of amides is 1. The summed E-state index contributed by atoms with van der Waals surface area (Å²) in [7, 11) is 0. The van der Waals surface area contributed by atoms with Gasteiger partial charge in [0, 0.05) is 18.2 Å². The molecule has 1 amide bonds. The van der Waals surface area contributed by atoms with Gasteiger partial charge in [0.15, 0.2) is 0 Å². The molecule has 0 aromatic carbocycles. The van der Waals surface area contributed by atoms with E-state index in [1.54, 1.807) is 6.07 Å². The Kier molecular flexibility index (Phi) is 3.47. The van der Waals surface area contributed by atoms with E-state index < -0.39 is 0 Å². The lowest BCUT2D eigenvalue weighted by molar-refractivity contribution is -0.120. The summed E-state index contributed by atoms with van der Waals surface area (Å²) in [5, 5.41) is 3.81. The summed E-state index contributed by atoms with van der Waals surface area (Å²) >= 11 is 0. The second kappa shape index (κ2) is 4.44. The van der Waals surface area contributed by atoms with E-state index in [0.29, 0.717) is 6.54 Å². The standard InChI is InChI=1S/C10H17N3O2/c1-10(2,3)13(7-9(11)14)6-8-4-5-15-12-8/h4-5H,6-7H2,1-3H3,(H2,11,14). The van der Waals surface area contributed by atoms with Crippen molar-refractivity contribution in [1.29, 1.82) is 0 Å². The topological polar surface area (TPSA) is 72.4 Å². The van der Waals surface area contributed by atoms with Gasteiger partial charge in [-0.1, -0.05) is 5.16 Å². The average molecular weight is 211 g/mol. The van der Waals surface area contributed by atoms with E-state index in [1.807, 2.05) is 25.7 Å². The van der Waals surface area contributed by atoms with Crippen LogP contribution in [0, 0.1) is 0 Å². The summed E-state index contributed by atoms with van der Waals surface area (Å²) < 4.78 is 4.74. The first kappa shape index (κ1) is 11.7. The number of rotatable bonds is 4. The molecule has 5 nitrogen and oxygen atoms in total. The summed E-state index contributed by atoms with van der Waals surface area (Å²) in [5.41, 5.74) is 5.86. The fourth-order valence-electron chi connectivity index (χ4n) is 1.23. The molecular weight excluding hydrogens is 194 g/mol. The van der Waals surface area contributed by atoms with Gasteiger partial charge in [-0.15, -0.1) is 0 Å². The minimum atomic E-state index is -0.339. The number of primary amides is 1. The van der Waals surface area contributed by atoms with Crippen LogP contribution < -0.4 is 5.73 Å². The summed E-state index contributed by atoms with van der Waals surface area (Å²) in [6.07, 6.45) is 1.51. The largest absolute Gasteiger partial charge is 0.369 e. The summed E-state index contributed by atoms with van der Waals surface area (Å²) in [6.45, 7) is 6.85. The van der Waals surface area contributed by atoms with Crippen molar-refractivity contribution in [2.45, 2.75) is 32.9 Å². The lowest BCUT2D eigenvalue weighted by atomic mass is 10.1. The first-order valence-electron chi connectivity index (χ1n) is 4.82. The highest BCUT2D eigenvalue weighted by Gasteiger charge is 2.23. The van der Waals surface area contributed by atoms with Crippen molar-refractivity contribution in [2.24, 2.45) is 5.73 Å². The van der Waals surface area contributed by atoms with Gasteiger partial charge in [-0.3, -0.25) is 9.69 Å². The lowest BCUT2D eigenvalue weighted by Crippen LogP contribution is -2.45. The third kappa shape index (κ3) is 3.71. The van der Waals surface area contributed by atoms with E-state index in [1.165, 1.54) is 6.26 Å². The van der Waals surface area contributed by atoms with Gasteiger partial charge in [-0.05, 0) is 20.8 Å². The van der Waals surface area contributed by atoms with E-state index in [9.17, 15) is 4.79 Å². The maximum Gasteiger partial charge on any atom is 0.231 e. The molecule has 0 spiro atoms. The summed E-state index contributed by atoms with van der Waals surface area (Å²) in [4.78, 5) is 12.9. The molecule has 2 N–H and O–H groups in total. The molecular formula is C10H17N3O2. The number of nitrogens with zero attached hydrogens (tertiary/aromatic N) is 2. The smallest absolute Gasteiger partial charge is 0.231 e. The predicted molar refractivity (Wildman–Crippen MR) is 55.9 cm³/mol.